The second-order valence-corrected chi connectivity index (χ2v) is 5.42. The number of anilines is 2. The summed E-state index contributed by atoms with van der Waals surface area (Å²) in [6.07, 6.45) is 1.58. The fraction of sp³-hybridized carbons (Fsp3) is 0.267. The van der Waals surface area contributed by atoms with E-state index >= 15 is 0 Å². The lowest BCUT2D eigenvalue weighted by Gasteiger charge is -2.17. The summed E-state index contributed by atoms with van der Waals surface area (Å²) in [5.74, 6) is 0.999. The minimum Gasteiger partial charge on any atom is -0.389 e. The molecule has 20 heavy (non-hydrogen) atoms. The van der Waals surface area contributed by atoms with Crippen LogP contribution in [0.15, 0.2) is 30.5 Å². The van der Waals surface area contributed by atoms with Crippen LogP contribution in [0.5, 0.6) is 0 Å². The van der Waals surface area contributed by atoms with Crippen molar-refractivity contribution in [2.75, 3.05) is 5.32 Å². The van der Waals surface area contributed by atoms with Gasteiger partial charge in [0, 0.05) is 5.69 Å². The van der Waals surface area contributed by atoms with E-state index in [1.165, 1.54) is 5.56 Å². The number of hydrogen-bond acceptors (Lipinski definition) is 4. The van der Waals surface area contributed by atoms with Crippen LogP contribution in [0.2, 0.25) is 0 Å². The first-order valence-electron chi connectivity index (χ1n) is 6.48. The highest BCUT2D eigenvalue weighted by molar-refractivity contribution is 7.80. The quantitative estimate of drug-likeness (QED) is 0.844. The molecule has 1 heterocycles. The van der Waals surface area contributed by atoms with Crippen LogP contribution < -0.4 is 11.1 Å². The molecule has 0 radical (unpaired) electrons. The summed E-state index contributed by atoms with van der Waals surface area (Å²) in [5.41, 5.74) is 9.85. The van der Waals surface area contributed by atoms with Crippen molar-refractivity contribution in [1.82, 2.24) is 10.2 Å². The Hall–Kier alpha value is -2.01. The van der Waals surface area contributed by atoms with Crippen LogP contribution in [-0.4, -0.2) is 15.2 Å². The van der Waals surface area contributed by atoms with E-state index in [9.17, 15) is 0 Å². The zero-order valence-electron chi connectivity index (χ0n) is 11.8. The molecule has 0 saturated heterocycles. The van der Waals surface area contributed by atoms with Crippen molar-refractivity contribution >= 4 is 28.7 Å². The van der Waals surface area contributed by atoms with E-state index in [1.807, 2.05) is 0 Å². The van der Waals surface area contributed by atoms with E-state index < -0.39 is 0 Å². The van der Waals surface area contributed by atoms with Crippen LogP contribution in [0.4, 0.5) is 11.5 Å². The second-order valence-electron chi connectivity index (χ2n) is 4.98. The van der Waals surface area contributed by atoms with Crippen LogP contribution in [0.25, 0.3) is 0 Å². The molecule has 1 aromatic heterocycles. The van der Waals surface area contributed by atoms with E-state index in [4.69, 9.17) is 18.0 Å². The molecule has 5 heteroatoms. The molecule has 0 bridgehead atoms. The van der Waals surface area contributed by atoms with Crippen molar-refractivity contribution in [2.24, 2.45) is 5.73 Å². The molecular weight excluding hydrogens is 268 g/mol. The Morgan fingerprint density at radius 1 is 1.30 bits per heavy atom. The summed E-state index contributed by atoms with van der Waals surface area (Å²) < 4.78 is 0. The van der Waals surface area contributed by atoms with Crippen LogP contribution in [0.1, 0.15) is 36.5 Å². The third-order valence-corrected chi connectivity index (χ3v) is 3.38. The number of thiocarbonyl (C=S) groups is 1. The van der Waals surface area contributed by atoms with E-state index in [0.717, 1.165) is 11.3 Å². The molecule has 0 aliphatic rings. The summed E-state index contributed by atoms with van der Waals surface area (Å²) in [7, 11) is 0. The Morgan fingerprint density at radius 3 is 2.70 bits per heavy atom. The Morgan fingerprint density at radius 2 is 2.05 bits per heavy atom. The number of nitrogens with zero attached hydrogens (tertiary/aromatic N) is 2. The first kappa shape index (κ1) is 14.4. The molecule has 4 nitrogen and oxygen atoms in total. The largest absolute Gasteiger partial charge is 0.389 e. The molecule has 0 saturated carbocycles. The van der Waals surface area contributed by atoms with Crippen molar-refractivity contribution < 1.29 is 0 Å². The lowest BCUT2D eigenvalue weighted by molar-refractivity contribution is 0.866. The van der Waals surface area contributed by atoms with Crippen LogP contribution >= 0.6 is 12.2 Å². The van der Waals surface area contributed by atoms with E-state index in [-0.39, 0.29) is 0 Å². The number of hydrogen-bond donors (Lipinski definition) is 2. The SMILES string of the molecule is Cc1cccc(C(C)C)c1Nc1nnccc1C(N)=S. The van der Waals surface area contributed by atoms with Crippen molar-refractivity contribution in [3.8, 4) is 0 Å². The Labute approximate surface area is 124 Å². The first-order chi connectivity index (χ1) is 9.50. The Balaban J connectivity index is 2.48. The summed E-state index contributed by atoms with van der Waals surface area (Å²) in [4.78, 5) is 0.307. The van der Waals surface area contributed by atoms with Gasteiger partial charge < -0.3 is 11.1 Å². The normalized spacial score (nSPS) is 10.6. The maximum Gasteiger partial charge on any atom is 0.163 e. The van der Waals surface area contributed by atoms with Crippen LogP contribution in [-0.2, 0) is 0 Å². The standard InChI is InChI=1S/C15H18N4S/c1-9(2)11-6-4-5-10(3)13(11)18-15-12(14(16)20)7-8-17-19-15/h4-9H,1-3H3,(H2,16,20)(H,18,19). The minimum absolute atomic E-state index is 0.307. The summed E-state index contributed by atoms with van der Waals surface area (Å²) in [6.45, 7) is 6.38. The average Bonchev–Trinajstić information content (AvgIpc) is 2.41. The van der Waals surface area contributed by atoms with Gasteiger partial charge in [0.2, 0.25) is 0 Å². The number of aryl methyl sites for hydroxylation is 1. The lowest BCUT2D eigenvalue weighted by atomic mass is 9.98. The van der Waals surface area contributed by atoms with E-state index in [1.54, 1.807) is 12.3 Å². The molecule has 3 N–H and O–H groups in total. The lowest BCUT2D eigenvalue weighted by Crippen LogP contribution is -2.14. The van der Waals surface area contributed by atoms with Gasteiger partial charge in [-0.15, -0.1) is 5.10 Å². The molecule has 0 amide bonds. The molecule has 0 atom stereocenters. The molecule has 0 aliphatic carbocycles. The van der Waals surface area contributed by atoms with Crippen LogP contribution in [0.3, 0.4) is 0 Å². The molecule has 104 valence electrons. The molecule has 0 aliphatic heterocycles. The van der Waals surface area contributed by atoms with Gasteiger partial charge in [0.05, 0.1) is 11.8 Å². The number of nitrogens with one attached hydrogen (secondary N) is 1. The highest BCUT2D eigenvalue weighted by Crippen LogP contribution is 2.30. The van der Waals surface area contributed by atoms with Crippen molar-refractivity contribution in [1.29, 1.82) is 0 Å². The van der Waals surface area contributed by atoms with Gasteiger partial charge in [0.15, 0.2) is 5.82 Å². The third kappa shape index (κ3) is 2.93. The zero-order valence-corrected chi connectivity index (χ0v) is 12.7. The van der Waals surface area contributed by atoms with E-state index in [0.29, 0.717) is 22.3 Å². The number of benzene rings is 1. The molecular formula is C15H18N4S. The topological polar surface area (TPSA) is 63.8 Å². The van der Waals surface area contributed by atoms with Gasteiger partial charge in [-0.05, 0) is 30.0 Å². The van der Waals surface area contributed by atoms with Gasteiger partial charge in [-0.1, -0.05) is 44.3 Å². The third-order valence-electron chi connectivity index (χ3n) is 3.16. The smallest absolute Gasteiger partial charge is 0.163 e. The zero-order chi connectivity index (χ0) is 14.7. The van der Waals surface area contributed by atoms with Crippen molar-refractivity contribution in [3.63, 3.8) is 0 Å². The fourth-order valence-electron chi connectivity index (χ4n) is 2.08. The number of aromatic nitrogens is 2. The first-order valence-corrected chi connectivity index (χ1v) is 6.89. The number of para-hydroxylation sites is 1. The second kappa shape index (κ2) is 5.96. The van der Waals surface area contributed by atoms with Gasteiger partial charge in [0.1, 0.15) is 4.99 Å². The predicted molar refractivity (Wildman–Crippen MR) is 86.5 cm³/mol. The summed E-state index contributed by atoms with van der Waals surface area (Å²) in [6, 6.07) is 7.99. The van der Waals surface area contributed by atoms with Gasteiger partial charge in [-0.25, -0.2) is 0 Å². The average molecular weight is 286 g/mol. The number of nitrogens with two attached hydrogens (primary N) is 1. The Kier molecular flexibility index (Phi) is 4.29. The molecule has 0 spiro atoms. The van der Waals surface area contributed by atoms with Crippen LogP contribution in [0, 0.1) is 6.92 Å². The van der Waals surface area contributed by atoms with Crippen molar-refractivity contribution in [2.45, 2.75) is 26.7 Å². The van der Waals surface area contributed by atoms with Gasteiger partial charge >= 0.3 is 0 Å². The predicted octanol–water partition coefficient (Wildman–Crippen LogP) is 3.29. The maximum absolute atomic E-state index is 5.73. The summed E-state index contributed by atoms with van der Waals surface area (Å²) in [5, 5.41) is 11.3. The van der Waals surface area contributed by atoms with Gasteiger partial charge in [-0.2, -0.15) is 5.10 Å². The van der Waals surface area contributed by atoms with E-state index in [2.05, 4.69) is 54.5 Å². The molecule has 1 aromatic carbocycles. The fourth-order valence-corrected chi connectivity index (χ4v) is 2.25. The van der Waals surface area contributed by atoms with Crippen molar-refractivity contribution in [3.05, 3.63) is 47.2 Å². The molecule has 2 aromatic rings. The molecule has 0 fully saturated rings. The maximum atomic E-state index is 5.73. The van der Waals surface area contributed by atoms with Gasteiger partial charge in [0.25, 0.3) is 0 Å². The Bertz CT molecular complexity index is 638. The monoisotopic (exact) mass is 286 g/mol. The minimum atomic E-state index is 0.307. The number of rotatable bonds is 4. The summed E-state index contributed by atoms with van der Waals surface area (Å²) >= 11 is 5.05. The van der Waals surface area contributed by atoms with Gasteiger partial charge in [-0.3, -0.25) is 0 Å². The molecule has 0 unspecified atom stereocenters. The highest BCUT2D eigenvalue weighted by atomic mass is 32.1. The highest BCUT2D eigenvalue weighted by Gasteiger charge is 2.13. The molecule has 2 rings (SSSR count).